The molecule has 0 saturated carbocycles. The molecular weight excluding hydrogens is 232 g/mol. The number of methoxy groups -OCH3 is 1. The lowest BCUT2D eigenvalue weighted by Gasteiger charge is -2.13. The summed E-state index contributed by atoms with van der Waals surface area (Å²) in [5.41, 5.74) is 1.75. The highest BCUT2D eigenvalue weighted by atomic mass is 16.5. The molecule has 1 unspecified atom stereocenters. The molecule has 6 nitrogen and oxygen atoms in total. The van der Waals surface area contributed by atoms with Gasteiger partial charge in [0.25, 0.3) is 0 Å². The number of aromatic nitrogens is 3. The van der Waals surface area contributed by atoms with Crippen LogP contribution in [0.25, 0.3) is 5.69 Å². The van der Waals surface area contributed by atoms with Gasteiger partial charge in [-0.2, -0.15) is 5.10 Å². The molecule has 1 heterocycles. The second-order valence-electron chi connectivity index (χ2n) is 3.78. The van der Waals surface area contributed by atoms with Gasteiger partial charge in [-0.25, -0.2) is 14.5 Å². The summed E-state index contributed by atoms with van der Waals surface area (Å²) in [5, 5.41) is 7.07. The lowest BCUT2D eigenvalue weighted by Crippen LogP contribution is -2.27. The maximum atomic E-state index is 11.3. The molecule has 0 aliphatic rings. The van der Waals surface area contributed by atoms with Crippen molar-refractivity contribution in [3.05, 3.63) is 36.9 Å². The van der Waals surface area contributed by atoms with Gasteiger partial charge in [-0.1, -0.05) is 0 Å². The minimum Gasteiger partial charge on any atom is -0.467 e. The minimum absolute atomic E-state index is 0.296. The number of hydrogen-bond acceptors (Lipinski definition) is 5. The monoisotopic (exact) mass is 246 g/mol. The van der Waals surface area contributed by atoms with Gasteiger partial charge in [0.05, 0.1) is 12.8 Å². The van der Waals surface area contributed by atoms with E-state index < -0.39 is 0 Å². The summed E-state index contributed by atoms with van der Waals surface area (Å²) in [7, 11) is 1.37. The second-order valence-corrected chi connectivity index (χ2v) is 3.78. The summed E-state index contributed by atoms with van der Waals surface area (Å²) < 4.78 is 6.30. The molecule has 94 valence electrons. The molecule has 0 radical (unpaired) electrons. The van der Waals surface area contributed by atoms with Gasteiger partial charge < -0.3 is 10.1 Å². The highest BCUT2D eigenvalue weighted by molar-refractivity contribution is 5.78. The Bertz CT molecular complexity index is 507. The van der Waals surface area contributed by atoms with Crippen LogP contribution in [0.5, 0.6) is 0 Å². The van der Waals surface area contributed by atoms with Crippen LogP contribution in [0, 0.1) is 0 Å². The lowest BCUT2D eigenvalue weighted by atomic mass is 10.2. The standard InChI is InChI=1S/C12H14N4O2/c1-9(12(17)18-2)15-10-3-5-11(6-4-10)16-8-13-7-14-16/h3-9,15H,1-2H3. The van der Waals surface area contributed by atoms with Gasteiger partial charge in [0.1, 0.15) is 18.7 Å². The number of anilines is 1. The summed E-state index contributed by atoms with van der Waals surface area (Å²) in [6.07, 6.45) is 3.10. The van der Waals surface area contributed by atoms with Gasteiger partial charge in [-0.05, 0) is 31.2 Å². The molecule has 0 amide bonds. The van der Waals surface area contributed by atoms with Crippen LogP contribution in [0.3, 0.4) is 0 Å². The maximum absolute atomic E-state index is 11.3. The first kappa shape index (κ1) is 12.1. The van der Waals surface area contributed by atoms with Crippen LogP contribution >= 0.6 is 0 Å². The van der Waals surface area contributed by atoms with E-state index in [1.54, 1.807) is 17.9 Å². The number of ether oxygens (including phenoxy) is 1. The summed E-state index contributed by atoms with van der Waals surface area (Å²) in [6.45, 7) is 1.75. The largest absolute Gasteiger partial charge is 0.467 e. The number of esters is 1. The Kier molecular flexibility index (Phi) is 3.57. The number of rotatable bonds is 4. The van der Waals surface area contributed by atoms with E-state index in [1.807, 2.05) is 24.3 Å². The molecule has 0 spiro atoms. The van der Waals surface area contributed by atoms with Crippen molar-refractivity contribution in [1.82, 2.24) is 14.8 Å². The molecule has 0 aliphatic carbocycles. The van der Waals surface area contributed by atoms with Crippen molar-refractivity contribution in [3.63, 3.8) is 0 Å². The van der Waals surface area contributed by atoms with Gasteiger partial charge in [0.15, 0.2) is 0 Å². The van der Waals surface area contributed by atoms with Crippen LogP contribution in [0.2, 0.25) is 0 Å². The van der Waals surface area contributed by atoms with E-state index in [9.17, 15) is 4.79 Å². The molecule has 0 saturated heterocycles. The van der Waals surface area contributed by atoms with Crippen molar-refractivity contribution >= 4 is 11.7 Å². The molecule has 2 aromatic rings. The van der Waals surface area contributed by atoms with Crippen LogP contribution in [0.1, 0.15) is 6.92 Å². The molecule has 0 aliphatic heterocycles. The van der Waals surface area contributed by atoms with Crippen molar-refractivity contribution in [2.24, 2.45) is 0 Å². The van der Waals surface area contributed by atoms with Gasteiger partial charge in [0, 0.05) is 5.69 Å². The molecule has 0 bridgehead atoms. The van der Waals surface area contributed by atoms with E-state index in [-0.39, 0.29) is 12.0 Å². The summed E-state index contributed by atoms with van der Waals surface area (Å²) in [6, 6.07) is 7.14. The Balaban J connectivity index is 2.06. The van der Waals surface area contributed by atoms with Crippen molar-refractivity contribution in [1.29, 1.82) is 0 Å². The Morgan fingerprint density at radius 2 is 2.11 bits per heavy atom. The minimum atomic E-state index is -0.382. The van der Waals surface area contributed by atoms with Gasteiger partial charge in [0.2, 0.25) is 0 Å². The first-order chi connectivity index (χ1) is 8.70. The molecular formula is C12H14N4O2. The van der Waals surface area contributed by atoms with E-state index in [2.05, 4.69) is 20.1 Å². The molecule has 6 heteroatoms. The van der Waals surface area contributed by atoms with E-state index in [4.69, 9.17) is 0 Å². The smallest absolute Gasteiger partial charge is 0.327 e. The highest BCUT2D eigenvalue weighted by Gasteiger charge is 2.12. The van der Waals surface area contributed by atoms with Gasteiger partial charge in [-0.3, -0.25) is 0 Å². The number of benzene rings is 1. The summed E-state index contributed by atoms with van der Waals surface area (Å²) >= 11 is 0. The summed E-state index contributed by atoms with van der Waals surface area (Å²) in [4.78, 5) is 15.1. The van der Waals surface area contributed by atoms with E-state index in [0.717, 1.165) is 11.4 Å². The molecule has 1 aromatic heterocycles. The number of nitrogens with one attached hydrogen (secondary N) is 1. The van der Waals surface area contributed by atoms with Crippen molar-refractivity contribution in [3.8, 4) is 5.69 Å². The quantitative estimate of drug-likeness (QED) is 0.822. The average molecular weight is 246 g/mol. The lowest BCUT2D eigenvalue weighted by molar-refractivity contribution is -0.141. The van der Waals surface area contributed by atoms with Crippen molar-refractivity contribution < 1.29 is 9.53 Å². The number of nitrogens with zero attached hydrogens (tertiary/aromatic N) is 3. The zero-order chi connectivity index (χ0) is 13.0. The molecule has 1 N–H and O–H groups in total. The predicted molar refractivity (Wildman–Crippen MR) is 66.5 cm³/mol. The molecule has 0 fully saturated rings. The van der Waals surface area contributed by atoms with Gasteiger partial charge >= 0.3 is 5.97 Å². The summed E-state index contributed by atoms with van der Waals surface area (Å²) in [5.74, 6) is -0.296. The average Bonchev–Trinajstić information content (AvgIpc) is 2.92. The number of hydrogen-bond donors (Lipinski definition) is 1. The third-order valence-corrected chi connectivity index (χ3v) is 2.49. The molecule has 1 atom stereocenters. The first-order valence-corrected chi connectivity index (χ1v) is 5.50. The SMILES string of the molecule is COC(=O)C(C)Nc1ccc(-n2cncn2)cc1. The number of carbonyl (C=O) groups is 1. The Hall–Kier alpha value is -2.37. The van der Waals surface area contributed by atoms with E-state index >= 15 is 0 Å². The van der Waals surface area contributed by atoms with Crippen molar-refractivity contribution in [2.45, 2.75) is 13.0 Å². The van der Waals surface area contributed by atoms with Crippen LogP contribution in [0.15, 0.2) is 36.9 Å². The third kappa shape index (κ3) is 2.65. The predicted octanol–water partition coefficient (Wildman–Crippen LogP) is 1.24. The first-order valence-electron chi connectivity index (χ1n) is 5.50. The normalized spacial score (nSPS) is 11.9. The Labute approximate surface area is 105 Å². The maximum Gasteiger partial charge on any atom is 0.327 e. The molecule has 2 rings (SSSR count). The fraction of sp³-hybridized carbons (Fsp3) is 0.250. The van der Waals surface area contributed by atoms with E-state index in [0.29, 0.717) is 0 Å². The fourth-order valence-corrected chi connectivity index (χ4v) is 1.54. The van der Waals surface area contributed by atoms with E-state index in [1.165, 1.54) is 13.4 Å². The van der Waals surface area contributed by atoms with Crippen LogP contribution < -0.4 is 5.32 Å². The zero-order valence-corrected chi connectivity index (χ0v) is 10.2. The zero-order valence-electron chi connectivity index (χ0n) is 10.2. The molecule has 1 aromatic carbocycles. The second kappa shape index (κ2) is 5.31. The third-order valence-electron chi connectivity index (χ3n) is 2.49. The Morgan fingerprint density at radius 1 is 1.39 bits per heavy atom. The Morgan fingerprint density at radius 3 is 2.67 bits per heavy atom. The topological polar surface area (TPSA) is 69.0 Å². The van der Waals surface area contributed by atoms with Crippen molar-refractivity contribution in [2.75, 3.05) is 12.4 Å². The number of carbonyl (C=O) groups excluding carboxylic acids is 1. The fourth-order valence-electron chi connectivity index (χ4n) is 1.54. The van der Waals surface area contributed by atoms with Crippen LogP contribution in [0.4, 0.5) is 5.69 Å². The molecule has 18 heavy (non-hydrogen) atoms. The van der Waals surface area contributed by atoms with Gasteiger partial charge in [-0.15, -0.1) is 0 Å². The van der Waals surface area contributed by atoms with Crippen LogP contribution in [-0.4, -0.2) is 33.9 Å². The highest BCUT2D eigenvalue weighted by Crippen LogP contribution is 2.13. The van der Waals surface area contributed by atoms with Crippen LogP contribution in [-0.2, 0) is 9.53 Å².